The molecule has 0 aliphatic carbocycles. The Bertz CT molecular complexity index is 345. The van der Waals surface area contributed by atoms with E-state index in [0.29, 0.717) is 18.8 Å². The van der Waals surface area contributed by atoms with Crippen LogP contribution in [0.4, 0.5) is 0 Å². The first-order valence-corrected chi connectivity index (χ1v) is 4.35. The van der Waals surface area contributed by atoms with Crippen molar-refractivity contribution in [2.24, 2.45) is 5.73 Å². The first kappa shape index (κ1) is 10.4. The summed E-state index contributed by atoms with van der Waals surface area (Å²) in [5.41, 5.74) is 6.35. The van der Waals surface area contributed by atoms with Crippen molar-refractivity contribution in [2.75, 3.05) is 13.2 Å². The lowest BCUT2D eigenvalue weighted by Crippen LogP contribution is -2.08. The number of aryl methyl sites for hydroxylation is 1. The van der Waals surface area contributed by atoms with Crippen molar-refractivity contribution in [3.63, 3.8) is 0 Å². The summed E-state index contributed by atoms with van der Waals surface area (Å²) in [6.45, 7) is 2.83. The summed E-state index contributed by atoms with van der Waals surface area (Å²) >= 11 is 0. The molecule has 1 heterocycles. The van der Waals surface area contributed by atoms with Gasteiger partial charge in [-0.2, -0.15) is 10.2 Å². The smallest absolute Gasteiger partial charge is 0.317 e. The van der Waals surface area contributed by atoms with Crippen LogP contribution in [0.3, 0.4) is 0 Å². The van der Waals surface area contributed by atoms with E-state index >= 15 is 0 Å². The molecule has 5 heteroatoms. The molecular formula is C9H12N4O. The fourth-order valence-corrected chi connectivity index (χ4v) is 0.910. The summed E-state index contributed by atoms with van der Waals surface area (Å²) in [4.78, 5) is 7.92. The monoisotopic (exact) mass is 192 g/mol. The molecule has 0 unspecified atom stereocenters. The molecule has 0 aliphatic rings. The molecule has 2 N–H and O–H groups in total. The minimum absolute atomic E-state index is 0.245. The Morgan fingerprint density at radius 1 is 1.57 bits per heavy atom. The van der Waals surface area contributed by atoms with E-state index in [4.69, 9.17) is 15.7 Å². The number of nitriles is 1. The summed E-state index contributed by atoms with van der Waals surface area (Å²) in [6.07, 6.45) is 0.749. The van der Waals surface area contributed by atoms with Crippen molar-refractivity contribution in [3.8, 4) is 12.1 Å². The van der Waals surface area contributed by atoms with E-state index in [1.807, 2.05) is 6.07 Å². The highest BCUT2D eigenvalue weighted by Gasteiger charge is 2.01. The zero-order valence-electron chi connectivity index (χ0n) is 8.03. The van der Waals surface area contributed by atoms with E-state index in [2.05, 4.69) is 9.97 Å². The van der Waals surface area contributed by atoms with Crippen LogP contribution in [0.15, 0.2) is 6.07 Å². The molecule has 1 aromatic heterocycles. The average Bonchev–Trinajstić information content (AvgIpc) is 2.17. The maximum atomic E-state index is 8.64. The lowest BCUT2D eigenvalue weighted by atomic mass is 10.3. The molecule has 0 spiro atoms. The second kappa shape index (κ2) is 5.14. The number of hydrogen-bond donors (Lipinski definition) is 1. The number of nitrogens with two attached hydrogens (primary N) is 1. The molecule has 14 heavy (non-hydrogen) atoms. The molecule has 0 atom stereocenters. The highest BCUT2D eigenvalue weighted by molar-refractivity contribution is 5.23. The maximum absolute atomic E-state index is 8.64. The normalized spacial score (nSPS) is 9.50. The molecule has 0 radical (unpaired) electrons. The molecule has 0 bridgehead atoms. The Hall–Kier alpha value is -1.67. The van der Waals surface area contributed by atoms with Crippen molar-refractivity contribution in [1.29, 1.82) is 5.26 Å². The third-order valence-electron chi connectivity index (χ3n) is 1.53. The SMILES string of the molecule is Cc1cc(C#N)nc(OCCCN)n1. The molecule has 5 nitrogen and oxygen atoms in total. The van der Waals surface area contributed by atoms with Gasteiger partial charge in [0.05, 0.1) is 6.61 Å². The first-order valence-electron chi connectivity index (χ1n) is 4.35. The van der Waals surface area contributed by atoms with Crippen molar-refractivity contribution in [2.45, 2.75) is 13.3 Å². The van der Waals surface area contributed by atoms with Crippen molar-refractivity contribution in [3.05, 3.63) is 17.5 Å². The zero-order chi connectivity index (χ0) is 10.4. The molecule has 0 saturated heterocycles. The van der Waals surface area contributed by atoms with E-state index in [9.17, 15) is 0 Å². The Kier molecular flexibility index (Phi) is 3.83. The van der Waals surface area contributed by atoms with Crippen LogP contribution in [0.5, 0.6) is 6.01 Å². The Balaban J connectivity index is 2.68. The fraction of sp³-hybridized carbons (Fsp3) is 0.444. The highest BCUT2D eigenvalue weighted by atomic mass is 16.5. The molecule has 0 fully saturated rings. The Morgan fingerprint density at radius 2 is 2.36 bits per heavy atom. The third kappa shape index (κ3) is 2.99. The summed E-state index contributed by atoms with van der Waals surface area (Å²) in [6, 6.07) is 3.80. The Morgan fingerprint density at radius 3 is 3.00 bits per heavy atom. The van der Waals surface area contributed by atoms with Gasteiger partial charge in [0.2, 0.25) is 0 Å². The minimum Gasteiger partial charge on any atom is -0.463 e. The molecule has 0 aromatic carbocycles. The van der Waals surface area contributed by atoms with E-state index < -0.39 is 0 Å². The number of nitrogens with zero attached hydrogens (tertiary/aromatic N) is 3. The van der Waals surface area contributed by atoms with E-state index in [1.54, 1.807) is 13.0 Å². The van der Waals surface area contributed by atoms with Gasteiger partial charge in [0.15, 0.2) is 0 Å². The van der Waals surface area contributed by atoms with Gasteiger partial charge in [0, 0.05) is 5.69 Å². The van der Waals surface area contributed by atoms with E-state index in [0.717, 1.165) is 12.1 Å². The summed E-state index contributed by atoms with van der Waals surface area (Å²) in [5, 5.41) is 8.64. The molecule has 74 valence electrons. The molecule has 1 rings (SSSR count). The lowest BCUT2D eigenvalue weighted by molar-refractivity contribution is 0.288. The van der Waals surface area contributed by atoms with Crippen LogP contribution >= 0.6 is 0 Å². The van der Waals surface area contributed by atoms with Gasteiger partial charge < -0.3 is 10.5 Å². The molecule has 0 aliphatic heterocycles. The highest BCUT2D eigenvalue weighted by Crippen LogP contribution is 2.06. The van der Waals surface area contributed by atoms with Gasteiger partial charge in [0.1, 0.15) is 11.8 Å². The van der Waals surface area contributed by atoms with Gasteiger partial charge in [-0.1, -0.05) is 0 Å². The molecular weight excluding hydrogens is 180 g/mol. The third-order valence-corrected chi connectivity index (χ3v) is 1.53. The topological polar surface area (TPSA) is 84.8 Å². The number of aromatic nitrogens is 2. The van der Waals surface area contributed by atoms with Crippen molar-refractivity contribution < 1.29 is 4.74 Å². The lowest BCUT2D eigenvalue weighted by Gasteiger charge is -2.03. The van der Waals surface area contributed by atoms with E-state index in [-0.39, 0.29) is 6.01 Å². The predicted octanol–water partition coefficient (Wildman–Crippen LogP) is 0.384. The minimum atomic E-state index is 0.245. The van der Waals surface area contributed by atoms with Crippen LogP contribution in [0.2, 0.25) is 0 Å². The van der Waals surface area contributed by atoms with Gasteiger partial charge in [-0.3, -0.25) is 0 Å². The van der Waals surface area contributed by atoms with Crippen LogP contribution in [0, 0.1) is 18.3 Å². The summed E-state index contributed by atoms with van der Waals surface area (Å²) in [7, 11) is 0. The van der Waals surface area contributed by atoms with Crippen LogP contribution < -0.4 is 10.5 Å². The zero-order valence-corrected chi connectivity index (χ0v) is 8.03. The van der Waals surface area contributed by atoms with Gasteiger partial charge in [0.25, 0.3) is 0 Å². The van der Waals surface area contributed by atoms with Crippen LogP contribution in [-0.4, -0.2) is 23.1 Å². The largest absolute Gasteiger partial charge is 0.463 e. The molecule has 0 saturated carbocycles. The molecule has 1 aromatic rings. The molecule has 0 amide bonds. The van der Waals surface area contributed by atoms with Crippen LogP contribution in [-0.2, 0) is 0 Å². The van der Waals surface area contributed by atoms with Gasteiger partial charge in [-0.25, -0.2) is 4.98 Å². The van der Waals surface area contributed by atoms with E-state index in [1.165, 1.54) is 0 Å². The summed E-state index contributed by atoms with van der Waals surface area (Å²) in [5.74, 6) is 0. The number of ether oxygens (including phenoxy) is 1. The predicted molar refractivity (Wildman–Crippen MR) is 50.7 cm³/mol. The maximum Gasteiger partial charge on any atom is 0.317 e. The van der Waals surface area contributed by atoms with Crippen LogP contribution in [0.25, 0.3) is 0 Å². The second-order valence-electron chi connectivity index (χ2n) is 2.78. The first-order chi connectivity index (χ1) is 6.76. The van der Waals surface area contributed by atoms with Crippen molar-refractivity contribution in [1.82, 2.24) is 9.97 Å². The quantitative estimate of drug-likeness (QED) is 0.697. The fourth-order valence-electron chi connectivity index (χ4n) is 0.910. The number of hydrogen-bond acceptors (Lipinski definition) is 5. The van der Waals surface area contributed by atoms with Crippen molar-refractivity contribution >= 4 is 0 Å². The Labute approximate surface area is 82.5 Å². The average molecular weight is 192 g/mol. The van der Waals surface area contributed by atoms with Crippen LogP contribution in [0.1, 0.15) is 17.8 Å². The standard InChI is InChI=1S/C9H12N4O/c1-7-5-8(6-11)13-9(12-7)14-4-2-3-10/h5H,2-4,10H2,1H3. The number of rotatable bonds is 4. The van der Waals surface area contributed by atoms with Gasteiger partial charge in [-0.05, 0) is 26.0 Å². The summed E-state index contributed by atoms with van der Waals surface area (Å²) < 4.78 is 5.22. The van der Waals surface area contributed by atoms with Gasteiger partial charge in [-0.15, -0.1) is 0 Å². The van der Waals surface area contributed by atoms with Gasteiger partial charge >= 0.3 is 6.01 Å². The second-order valence-corrected chi connectivity index (χ2v) is 2.78.